The molecular formula is C27H35ClN4OS. The molecule has 3 aromatic carbocycles. The van der Waals surface area contributed by atoms with Crippen LogP contribution >= 0.6 is 22.9 Å². The third kappa shape index (κ3) is 8.04. The summed E-state index contributed by atoms with van der Waals surface area (Å²) in [7, 11) is 0. The minimum atomic E-state index is -0.577. The third-order valence-electron chi connectivity index (χ3n) is 4.34. The quantitative estimate of drug-likeness (QED) is 0.263. The first-order valence-electron chi connectivity index (χ1n) is 11.6. The Hall–Kier alpha value is -3.09. The van der Waals surface area contributed by atoms with Crippen molar-refractivity contribution in [2.75, 3.05) is 11.1 Å². The van der Waals surface area contributed by atoms with Crippen LogP contribution < -0.4 is 16.8 Å². The van der Waals surface area contributed by atoms with E-state index in [2.05, 4.69) is 22.4 Å². The van der Waals surface area contributed by atoms with Crippen LogP contribution in [0.3, 0.4) is 0 Å². The fourth-order valence-electron chi connectivity index (χ4n) is 3.17. The van der Waals surface area contributed by atoms with E-state index in [9.17, 15) is 4.79 Å². The Morgan fingerprint density at radius 3 is 2.18 bits per heavy atom. The first-order chi connectivity index (χ1) is 16.5. The SMILES string of the molecule is CC.CC.CC.NC(=O)Nc1ccc(Cc2cc(-c3cccc(Cl)c3)c3nc(N)sc3c2)cc1. The molecule has 0 atom stereocenters. The molecule has 0 fully saturated rings. The second kappa shape index (κ2) is 14.9. The Morgan fingerprint density at radius 1 is 0.941 bits per heavy atom. The van der Waals surface area contributed by atoms with Gasteiger partial charge in [-0.15, -0.1) is 0 Å². The van der Waals surface area contributed by atoms with E-state index in [1.54, 1.807) is 0 Å². The van der Waals surface area contributed by atoms with E-state index in [1.807, 2.05) is 90.1 Å². The number of thiazole rings is 1. The molecule has 0 aliphatic rings. The Labute approximate surface area is 212 Å². The van der Waals surface area contributed by atoms with Crippen LogP contribution in [0, 0.1) is 0 Å². The second-order valence-electron chi connectivity index (χ2n) is 6.42. The van der Waals surface area contributed by atoms with Gasteiger partial charge in [-0.3, -0.25) is 0 Å². The number of nitrogens with zero attached hydrogens (tertiary/aromatic N) is 1. The molecule has 0 aliphatic carbocycles. The number of aromatic nitrogens is 1. The lowest BCUT2D eigenvalue weighted by Crippen LogP contribution is -2.19. The first kappa shape index (κ1) is 28.9. The van der Waals surface area contributed by atoms with Crippen molar-refractivity contribution in [3.8, 4) is 11.1 Å². The van der Waals surface area contributed by atoms with E-state index in [0.717, 1.165) is 38.9 Å². The molecule has 0 bridgehead atoms. The van der Waals surface area contributed by atoms with Crippen LogP contribution in [0.4, 0.5) is 15.6 Å². The highest BCUT2D eigenvalue weighted by molar-refractivity contribution is 7.22. The highest BCUT2D eigenvalue weighted by atomic mass is 35.5. The van der Waals surface area contributed by atoms with Gasteiger partial charge in [0.05, 0.1) is 10.2 Å². The van der Waals surface area contributed by atoms with Crippen LogP contribution in [0.25, 0.3) is 21.3 Å². The lowest BCUT2D eigenvalue weighted by molar-refractivity contribution is 0.259. The van der Waals surface area contributed by atoms with Crippen LogP contribution in [-0.2, 0) is 6.42 Å². The van der Waals surface area contributed by atoms with Crippen LogP contribution in [-0.4, -0.2) is 11.0 Å². The molecule has 4 aromatic rings. The van der Waals surface area contributed by atoms with Gasteiger partial charge in [0.15, 0.2) is 5.13 Å². The average Bonchev–Trinajstić information content (AvgIpc) is 3.23. The second-order valence-corrected chi connectivity index (χ2v) is 7.91. The van der Waals surface area contributed by atoms with Crippen LogP contribution in [0.1, 0.15) is 52.7 Å². The van der Waals surface area contributed by atoms with Gasteiger partial charge in [-0.2, -0.15) is 0 Å². The van der Waals surface area contributed by atoms with E-state index in [0.29, 0.717) is 15.8 Å². The molecule has 0 saturated carbocycles. The van der Waals surface area contributed by atoms with Crippen molar-refractivity contribution in [1.29, 1.82) is 0 Å². The van der Waals surface area contributed by atoms with Gasteiger partial charge >= 0.3 is 6.03 Å². The largest absolute Gasteiger partial charge is 0.375 e. The summed E-state index contributed by atoms with van der Waals surface area (Å²) >= 11 is 7.66. The number of anilines is 2. The van der Waals surface area contributed by atoms with Crippen molar-refractivity contribution in [3.63, 3.8) is 0 Å². The molecule has 7 heteroatoms. The minimum Gasteiger partial charge on any atom is -0.375 e. The topological polar surface area (TPSA) is 94.0 Å². The van der Waals surface area contributed by atoms with Crippen LogP contribution in [0.5, 0.6) is 0 Å². The zero-order valence-electron chi connectivity index (χ0n) is 20.8. The Kier molecular flexibility index (Phi) is 12.7. The van der Waals surface area contributed by atoms with E-state index < -0.39 is 6.03 Å². The molecule has 0 unspecified atom stereocenters. The highest BCUT2D eigenvalue weighted by Gasteiger charge is 2.12. The molecule has 0 saturated heterocycles. The Balaban J connectivity index is 0.000000894. The maximum absolute atomic E-state index is 11.0. The number of primary amides is 1. The molecule has 34 heavy (non-hydrogen) atoms. The molecule has 1 aromatic heterocycles. The van der Waals surface area contributed by atoms with Crippen molar-refractivity contribution in [1.82, 2.24) is 4.98 Å². The van der Waals surface area contributed by atoms with Gasteiger partial charge in [0, 0.05) is 16.3 Å². The number of fused-ring (bicyclic) bond motifs is 1. The van der Waals surface area contributed by atoms with E-state index >= 15 is 0 Å². The molecule has 0 radical (unpaired) electrons. The van der Waals surface area contributed by atoms with Crippen molar-refractivity contribution < 1.29 is 4.79 Å². The predicted molar refractivity (Wildman–Crippen MR) is 151 cm³/mol. The summed E-state index contributed by atoms with van der Waals surface area (Å²) in [5.41, 5.74) is 16.9. The Morgan fingerprint density at radius 2 is 1.59 bits per heavy atom. The number of benzene rings is 3. The minimum absolute atomic E-state index is 0.539. The van der Waals surface area contributed by atoms with Crippen molar-refractivity contribution in [3.05, 3.63) is 76.8 Å². The number of rotatable bonds is 4. The molecule has 2 amide bonds. The normalized spacial score (nSPS) is 9.50. The summed E-state index contributed by atoms with van der Waals surface area (Å²) in [6, 6.07) is 19.0. The van der Waals surface area contributed by atoms with Gasteiger partial charge < -0.3 is 16.8 Å². The number of carbonyl (C=O) groups excluding carboxylic acids is 1. The zero-order valence-corrected chi connectivity index (χ0v) is 22.3. The maximum atomic E-state index is 11.0. The predicted octanol–water partition coefficient (Wildman–Crippen LogP) is 8.36. The van der Waals surface area contributed by atoms with Crippen LogP contribution in [0.2, 0.25) is 5.02 Å². The number of hydrogen-bond donors (Lipinski definition) is 3. The maximum Gasteiger partial charge on any atom is 0.316 e. The summed E-state index contributed by atoms with van der Waals surface area (Å²) in [5.74, 6) is 0. The molecule has 1 heterocycles. The van der Waals surface area contributed by atoms with Gasteiger partial charge in [-0.1, -0.05) is 88.7 Å². The monoisotopic (exact) mass is 498 g/mol. The van der Waals surface area contributed by atoms with Gasteiger partial charge in [-0.05, 0) is 59.5 Å². The molecule has 0 aliphatic heterocycles. The van der Waals surface area contributed by atoms with E-state index in [4.69, 9.17) is 23.1 Å². The number of carbonyl (C=O) groups is 1. The lowest BCUT2D eigenvalue weighted by Gasteiger charge is -2.09. The van der Waals surface area contributed by atoms with Gasteiger partial charge in [0.1, 0.15) is 0 Å². The van der Waals surface area contributed by atoms with Gasteiger partial charge in [0.2, 0.25) is 0 Å². The number of nitrogen functional groups attached to an aromatic ring is 1. The molecule has 5 nitrogen and oxygen atoms in total. The Bertz CT molecular complexity index is 1170. The van der Waals surface area contributed by atoms with E-state index in [1.165, 1.54) is 11.3 Å². The summed E-state index contributed by atoms with van der Waals surface area (Å²) in [4.78, 5) is 15.5. The number of amides is 2. The van der Waals surface area contributed by atoms with Crippen molar-refractivity contribution in [2.45, 2.75) is 48.0 Å². The summed E-state index contributed by atoms with van der Waals surface area (Å²) < 4.78 is 1.04. The summed E-state index contributed by atoms with van der Waals surface area (Å²) in [6.45, 7) is 12.0. The molecule has 5 N–H and O–H groups in total. The number of nitrogens with two attached hydrogens (primary N) is 2. The fraction of sp³-hybridized carbons (Fsp3) is 0.259. The number of hydrogen-bond acceptors (Lipinski definition) is 4. The molecular weight excluding hydrogens is 464 g/mol. The standard InChI is InChI=1S/C21H17ClN4OS.3C2H6/c22-15-3-1-2-14(11-15)17-9-13(10-18-19(17)26-21(24)28-18)8-12-4-6-16(7-5-12)25-20(23)27;3*1-2/h1-7,9-11H,8H2,(H2,24,26)(H3,23,25,27);3*1-2H3. The average molecular weight is 499 g/mol. The third-order valence-corrected chi connectivity index (χ3v) is 5.40. The molecule has 182 valence electrons. The van der Waals surface area contributed by atoms with Gasteiger partial charge in [-0.25, -0.2) is 9.78 Å². The number of halogens is 1. The zero-order chi connectivity index (χ0) is 25.7. The smallest absolute Gasteiger partial charge is 0.316 e. The number of nitrogens with one attached hydrogen (secondary N) is 1. The van der Waals surface area contributed by atoms with Crippen LogP contribution in [0.15, 0.2) is 60.7 Å². The van der Waals surface area contributed by atoms with E-state index in [-0.39, 0.29) is 0 Å². The molecule has 4 rings (SSSR count). The molecule has 0 spiro atoms. The van der Waals surface area contributed by atoms with Crippen molar-refractivity contribution >= 4 is 50.0 Å². The fourth-order valence-corrected chi connectivity index (χ4v) is 4.18. The first-order valence-corrected chi connectivity index (χ1v) is 12.8. The number of urea groups is 1. The highest BCUT2D eigenvalue weighted by Crippen LogP contribution is 2.35. The van der Waals surface area contributed by atoms with Crippen molar-refractivity contribution in [2.24, 2.45) is 5.73 Å². The lowest BCUT2D eigenvalue weighted by atomic mass is 9.98. The summed E-state index contributed by atoms with van der Waals surface area (Å²) in [5, 5.41) is 3.78. The van der Waals surface area contributed by atoms with Gasteiger partial charge in [0.25, 0.3) is 0 Å². The summed E-state index contributed by atoms with van der Waals surface area (Å²) in [6.07, 6.45) is 0.734.